The summed E-state index contributed by atoms with van der Waals surface area (Å²) >= 11 is 1.02. The molecular formula is C27H27N3O7S. The van der Waals surface area contributed by atoms with Crippen molar-refractivity contribution in [3.8, 4) is 11.5 Å². The van der Waals surface area contributed by atoms with Crippen molar-refractivity contribution in [2.45, 2.75) is 20.8 Å². The van der Waals surface area contributed by atoms with E-state index in [0.717, 1.165) is 11.3 Å². The van der Waals surface area contributed by atoms with Gasteiger partial charge in [0.15, 0.2) is 17.3 Å². The molecular weight excluding hydrogens is 510 g/mol. The van der Waals surface area contributed by atoms with Crippen LogP contribution in [-0.4, -0.2) is 49.9 Å². The highest BCUT2D eigenvalue weighted by molar-refractivity contribution is 7.18. The zero-order valence-corrected chi connectivity index (χ0v) is 22.0. The summed E-state index contributed by atoms with van der Waals surface area (Å²) in [5.74, 6) is -0.502. The third-order valence-electron chi connectivity index (χ3n) is 5.61. The summed E-state index contributed by atoms with van der Waals surface area (Å²) in [6, 6.07) is 11.9. The molecule has 0 atom stereocenters. The lowest BCUT2D eigenvalue weighted by Crippen LogP contribution is -2.24. The highest BCUT2D eigenvalue weighted by Gasteiger charge is 2.25. The van der Waals surface area contributed by atoms with Gasteiger partial charge < -0.3 is 30.2 Å². The molecule has 38 heavy (non-hydrogen) atoms. The van der Waals surface area contributed by atoms with Crippen molar-refractivity contribution in [1.29, 1.82) is 0 Å². The maximum atomic E-state index is 13.0. The van der Waals surface area contributed by atoms with Gasteiger partial charge in [-0.25, -0.2) is 4.79 Å². The number of ether oxygens (including phenoxy) is 3. The predicted octanol–water partition coefficient (Wildman–Crippen LogP) is 4.51. The van der Waals surface area contributed by atoms with E-state index in [-0.39, 0.29) is 35.4 Å². The van der Waals surface area contributed by atoms with E-state index >= 15 is 0 Å². The Balaban J connectivity index is 1.45. The largest absolute Gasteiger partial charge is 0.486 e. The highest BCUT2D eigenvalue weighted by Crippen LogP contribution is 2.34. The van der Waals surface area contributed by atoms with Gasteiger partial charge in [0.25, 0.3) is 5.91 Å². The number of ketones is 1. The van der Waals surface area contributed by atoms with Crippen LogP contribution in [0.4, 0.5) is 16.4 Å². The van der Waals surface area contributed by atoms with Gasteiger partial charge in [0.05, 0.1) is 29.2 Å². The zero-order valence-electron chi connectivity index (χ0n) is 21.1. The molecule has 1 aromatic heterocycles. The maximum absolute atomic E-state index is 13.0. The van der Waals surface area contributed by atoms with Gasteiger partial charge in [0, 0.05) is 17.4 Å². The first kappa shape index (κ1) is 26.7. The Hall–Kier alpha value is -4.38. The summed E-state index contributed by atoms with van der Waals surface area (Å²) in [6.07, 6.45) is 0. The Labute approximate surface area is 223 Å². The number of Topliss-reactive ketones (excluding diaryl/α,β-unsaturated/α-hetero) is 1. The molecule has 4 rings (SSSR count). The number of hydrogen-bond acceptors (Lipinski definition) is 9. The fourth-order valence-corrected chi connectivity index (χ4v) is 4.99. The average Bonchev–Trinajstić information content (AvgIpc) is 3.23. The highest BCUT2D eigenvalue weighted by atomic mass is 32.1. The minimum atomic E-state index is -0.613. The summed E-state index contributed by atoms with van der Waals surface area (Å²) in [7, 11) is 0. The Morgan fingerprint density at radius 1 is 1.00 bits per heavy atom. The molecule has 0 unspecified atom stereocenters. The van der Waals surface area contributed by atoms with E-state index < -0.39 is 11.9 Å². The molecule has 2 heterocycles. The minimum absolute atomic E-state index is 0.156. The molecule has 3 aromatic rings. The SMILES string of the molecule is CCOC(=O)c1c(NC(=O)CNc2ccccc2C(=O)Nc2ccc3c(c2)OCCO3)sc(C(C)=O)c1C. The van der Waals surface area contributed by atoms with E-state index in [1.807, 2.05) is 0 Å². The quantitative estimate of drug-likeness (QED) is 0.268. The molecule has 0 aliphatic carbocycles. The predicted molar refractivity (Wildman–Crippen MR) is 144 cm³/mol. The molecule has 1 aliphatic rings. The molecule has 0 saturated carbocycles. The van der Waals surface area contributed by atoms with Crippen LogP contribution in [0.25, 0.3) is 0 Å². The third-order valence-corrected chi connectivity index (χ3v) is 6.92. The van der Waals surface area contributed by atoms with Crippen molar-refractivity contribution in [2.24, 2.45) is 0 Å². The first-order valence-electron chi connectivity index (χ1n) is 11.9. The molecule has 0 spiro atoms. The van der Waals surface area contributed by atoms with E-state index in [4.69, 9.17) is 14.2 Å². The number of fused-ring (bicyclic) bond motifs is 1. The van der Waals surface area contributed by atoms with Crippen LogP contribution >= 0.6 is 11.3 Å². The second kappa shape index (κ2) is 11.8. The number of carbonyl (C=O) groups excluding carboxylic acids is 4. The van der Waals surface area contributed by atoms with Crippen LogP contribution in [0.2, 0.25) is 0 Å². The second-order valence-corrected chi connectivity index (χ2v) is 9.32. The van der Waals surface area contributed by atoms with Gasteiger partial charge in [-0.05, 0) is 50.6 Å². The van der Waals surface area contributed by atoms with Crippen LogP contribution in [0, 0.1) is 6.92 Å². The van der Waals surface area contributed by atoms with Gasteiger partial charge >= 0.3 is 5.97 Å². The fraction of sp³-hybridized carbons (Fsp3) is 0.259. The Bertz CT molecular complexity index is 1400. The van der Waals surface area contributed by atoms with Crippen molar-refractivity contribution < 1.29 is 33.4 Å². The number of hydrogen-bond donors (Lipinski definition) is 3. The zero-order chi connectivity index (χ0) is 27.2. The Kier molecular flexibility index (Phi) is 8.27. The van der Waals surface area contributed by atoms with Crippen LogP contribution in [0.3, 0.4) is 0 Å². The van der Waals surface area contributed by atoms with Crippen molar-refractivity contribution >= 4 is 51.3 Å². The van der Waals surface area contributed by atoms with Gasteiger partial charge in [-0.1, -0.05) is 12.1 Å². The number of benzene rings is 2. The first-order valence-corrected chi connectivity index (χ1v) is 12.7. The normalized spacial score (nSPS) is 11.9. The molecule has 10 nitrogen and oxygen atoms in total. The summed E-state index contributed by atoms with van der Waals surface area (Å²) in [5, 5.41) is 8.73. The fourth-order valence-electron chi connectivity index (χ4n) is 3.89. The van der Waals surface area contributed by atoms with Crippen molar-refractivity contribution in [3.05, 3.63) is 64.0 Å². The number of anilines is 3. The molecule has 198 valence electrons. The molecule has 2 aromatic carbocycles. The van der Waals surface area contributed by atoms with E-state index in [1.165, 1.54) is 6.92 Å². The lowest BCUT2D eigenvalue weighted by molar-refractivity contribution is -0.114. The van der Waals surface area contributed by atoms with E-state index in [1.54, 1.807) is 56.3 Å². The van der Waals surface area contributed by atoms with Crippen molar-refractivity contribution in [2.75, 3.05) is 42.3 Å². The van der Waals surface area contributed by atoms with Gasteiger partial charge in [0.2, 0.25) is 5.91 Å². The number of carbonyl (C=O) groups is 4. The number of thiophene rings is 1. The Morgan fingerprint density at radius 2 is 1.74 bits per heavy atom. The minimum Gasteiger partial charge on any atom is -0.486 e. The van der Waals surface area contributed by atoms with Crippen LogP contribution in [0.15, 0.2) is 42.5 Å². The van der Waals surface area contributed by atoms with Crippen molar-refractivity contribution in [1.82, 2.24) is 0 Å². The summed E-state index contributed by atoms with van der Waals surface area (Å²) in [5.41, 5.74) is 1.93. The van der Waals surface area contributed by atoms with E-state index in [9.17, 15) is 19.2 Å². The van der Waals surface area contributed by atoms with E-state index in [2.05, 4.69) is 16.0 Å². The van der Waals surface area contributed by atoms with E-state index in [0.29, 0.717) is 52.1 Å². The van der Waals surface area contributed by atoms with Gasteiger partial charge in [-0.15, -0.1) is 11.3 Å². The lowest BCUT2D eigenvalue weighted by Gasteiger charge is -2.19. The number of para-hydroxylation sites is 1. The molecule has 3 N–H and O–H groups in total. The average molecular weight is 538 g/mol. The number of amides is 2. The topological polar surface area (TPSA) is 132 Å². The molecule has 0 fully saturated rings. The summed E-state index contributed by atoms with van der Waals surface area (Å²) in [4.78, 5) is 50.7. The molecule has 11 heteroatoms. The third kappa shape index (κ3) is 5.94. The standard InChI is InChI=1S/C27H27N3O7S/c1-4-35-27(34)23-15(2)24(16(3)31)38-26(23)30-22(32)14-28-19-8-6-5-7-18(19)25(33)29-17-9-10-20-21(13-17)37-12-11-36-20/h5-10,13,28H,4,11-12,14H2,1-3H3,(H,29,33)(H,30,32). The van der Waals surface area contributed by atoms with Crippen LogP contribution < -0.4 is 25.4 Å². The van der Waals surface area contributed by atoms with Gasteiger partial charge in [-0.3, -0.25) is 14.4 Å². The van der Waals surface area contributed by atoms with Crippen LogP contribution in [-0.2, 0) is 9.53 Å². The Morgan fingerprint density at radius 3 is 2.47 bits per heavy atom. The van der Waals surface area contributed by atoms with Crippen molar-refractivity contribution in [3.63, 3.8) is 0 Å². The first-order chi connectivity index (χ1) is 18.3. The summed E-state index contributed by atoms with van der Waals surface area (Å²) in [6.45, 7) is 5.58. The molecule has 0 bridgehead atoms. The van der Waals surface area contributed by atoms with Crippen LogP contribution in [0.5, 0.6) is 11.5 Å². The molecule has 0 radical (unpaired) electrons. The lowest BCUT2D eigenvalue weighted by atomic mass is 10.1. The summed E-state index contributed by atoms with van der Waals surface area (Å²) < 4.78 is 16.2. The molecule has 2 amide bonds. The number of rotatable bonds is 9. The van der Waals surface area contributed by atoms with Gasteiger partial charge in [-0.2, -0.15) is 0 Å². The van der Waals surface area contributed by atoms with Crippen LogP contribution in [0.1, 0.15) is 49.8 Å². The second-order valence-electron chi connectivity index (χ2n) is 8.30. The molecule has 0 saturated heterocycles. The monoisotopic (exact) mass is 537 g/mol. The number of esters is 1. The van der Waals surface area contributed by atoms with Gasteiger partial charge in [0.1, 0.15) is 18.2 Å². The maximum Gasteiger partial charge on any atom is 0.341 e. The number of nitrogens with one attached hydrogen (secondary N) is 3. The smallest absolute Gasteiger partial charge is 0.341 e. The molecule has 1 aliphatic heterocycles.